The first-order chi connectivity index (χ1) is 9.13. The second-order valence-electron chi connectivity index (χ2n) is 4.91. The third kappa shape index (κ3) is 3.17. The number of hydrogen-bond acceptors (Lipinski definition) is 4. The monoisotopic (exact) mass is 264 g/mol. The van der Waals surface area contributed by atoms with Crippen LogP contribution in [0.2, 0.25) is 0 Å². The minimum absolute atomic E-state index is 0.0222. The topological polar surface area (TPSA) is 75.8 Å². The van der Waals surface area contributed by atoms with E-state index in [9.17, 15) is 4.79 Å². The zero-order valence-corrected chi connectivity index (χ0v) is 11.1. The molecule has 1 heterocycles. The Morgan fingerprint density at radius 2 is 2.32 bits per heavy atom. The predicted octanol–water partition coefficient (Wildman–Crippen LogP) is 1.12. The van der Waals surface area contributed by atoms with E-state index in [0.29, 0.717) is 29.5 Å². The normalized spacial score (nSPS) is 18.6. The number of amides is 1. The number of nitrogens with zero attached hydrogens (tertiary/aromatic N) is 1. The lowest BCUT2D eigenvalue weighted by atomic mass is 10.1. The quantitative estimate of drug-likeness (QED) is 0.799. The molecule has 1 amide bonds. The van der Waals surface area contributed by atoms with Crippen molar-refractivity contribution in [1.29, 1.82) is 0 Å². The molecular formula is C14H20N2O3. The molecule has 19 heavy (non-hydrogen) atoms. The van der Waals surface area contributed by atoms with Crippen LogP contribution in [0.4, 0.5) is 5.69 Å². The van der Waals surface area contributed by atoms with E-state index in [0.717, 1.165) is 19.4 Å². The van der Waals surface area contributed by atoms with Crippen LogP contribution in [0.25, 0.3) is 0 Å². The van der Waals surface area contributed by atoms with Gasteiger partial charge < -0.3 is 20.5 Å². The van der Waals surface area contributed by atoms with Crippen LogP contribution in [0.5, 0.6) is 5.75 Å². The third-order valence-corrected chi connectivity index (χ3v) is 3.52. The van der Waals surface area contributed by atoms with Crippen LogP contribution >= 0.6 is 0 Å². The summed E-state index contributed by atoms with van der Waals surface area (Å²) in [5, 5.41) is 8.94. The molecule has 104 valence electrons. The molecule has 1 unspecified atom stereocenters. The van der Waals surface area contributed by atoms with Crippen molar-refractivity contribution in [3.05, 3.63) is 23.8 Å². The Bertz CT molecular complexity index is 462. The molecule has 3 N–H and O–H groups in total. The summed E-state index contributed by atoms with van der Waals surface area (Å²) < 4.78 is 5.12. The van der Waals surface area contributed by atoms with Crippen molar-refractivity contribution in [2.24, 2.45) is 5.92 Å². The fraction of sp³-hybridized carbons (Fsp3) is 0.500. The average Bonchev–Trinajstić information content (AvgIpc) is 2.86. The second-order valence-corrected chi connectivity index (χ2v) is 4.91. The van der Waals surface area contributed by atoms with Crippen LogP contribution in [0.15, 0.2) is 18.2 Å². The highest BCUT2D eigenvalue weighted by Crippen LogP contribution is 2.24. The number of nitrogens with two attached hydrogens (primary N) is 1. The summed E-state index contributed by atoms with van der Waals surface area (Å²) in [4.78, 5) is 14.2. The molecule has 0 aromatic heterocycles. The molecule has 1 saturated heterocycles. The van der Waals surface area contributed by atoms with Gasteiger partial charge in [-0.2, -0.15) is 0 Å². The third-order valence-electron chi connectivity index (χ3n) is 3.52. The molecule has 1 aliphatic rings. The molecule has 5 heteroatoms. The fourth-order valence-electron chi connectivity index (χ4n) is 2.48. The average molecular weight is 264 g/mol. The summed E-state index contributed by atoms with van der Waals surface area (Å²) in [5.74, 6) is 0.970. The number of hydrogen-bond donors (Lipinski definition) is 2. The Morgan fingerprint density at radius 1 is 1.53 bits per heavy atom. The maximum Gasteiger partial charge on any atom is 0.254 e. The first-order valence-electron chi connectivity index (χ1n) is 6.48. The number of nitrogen functional groups attached to an aromatic ring is 1. The van der Waals surface area contributed by atoms with Gasteiger partial charge in [0.05, 0.1) is 7.11 Å². The van der Waals surface area contributed by atoms with Crippen LogP contribution in [-0.4, -0.2) is 42.7 Å². The van der Waals surface area contributed by atoms with Crippen molar-refractivity contribution in [2.45, 2.75) is 12.8 Å². The van der Waals surface area contributed by atoms with Crippen molar-refractivity contribution < 1.29 is 14.6 Å². The molecule has 1 atom stereocenters. The molecule has 0 spiro atoms. The fourth-order valence-corrected chi connectivity index (χ4v) is 2.48. The Kier molecular flexibility index (Phi) is 4.27. The van der Waals surface area contributed by atoms with Crippen LogP contribution in [-0.2, 0) is 0 Å². The SMILES string of the molecule is COc1cc(N)cc(C(=O)N2CCC(CCO)C2)c1. The van der Waals surface area contributed by atoms with E-state index in [1.165, 1.54) is 0 Å². The van der Waals surface area contributed by atoms with E-state index in [4.69, 9.17) is 15.6 Å². The molecule has 2 rings (SSSR count). The second kappa shape index (κ2) is 5.93. The molecule has 0 saturated carbocycles. The predicted molar refractivity (Wildman–Crippen MR) is 73.1 cm³/mol. The van der Waals surface area contributed by atoms with Crippen molar-refractivity contribution in [1.82, 2.24) is 4.90 Å². The van der Waals surface area contributed by atoms with Crippen LogP contribution in [0, 0.1) is 5.92 Å². The first-order valence-corrected chi connectivity index (χ1v) is 6.48. The van der Waals surface area contributed by atoms with Gasteiger partial charge in [0.1, 0.15) is 5.75 Å². The number of anilines is 1. The smallest absolute Gasteiger partial charge is 0.254 e. The summed E-state index contributed by atoms with van der Waals surface area (Å²) in [6.45, 7) is 1.62. The molecule has 0 bridgehead atoms. The van der Waals surface area contributed by atoms with Gasteiger partial charge in [-0.3, -0.25) is 4.79 Å². The van der Waals surface area contributed by atoms with E-state index >= 15 is 0 Å². The number of rotatable bonds is 4. The van der Waals surface area contributed by atoms with Gasteiger partial charge in [0.15, 0.2) is 0 Å². The van der Waals surface area contributed by atoms with Crippen molar-refractivity contribution in [3.63, 3.8) is 0 Å². The van der Waals surface area contributed by atoms with Gasteiger partial charge in [-0.15, -0.1) is 0 Å². The first kappa shape index (κ1) is 13.7. The molecule has 0 radical (unpaired) electrons. The Hall–Kier alpha value is -1.75. The molecule has 0 aliphatic carbocycles. The number of likely N-dealkylation sites (tertiary alicyclic amines) is 1. The maximum absolute atomic E-state index is 12.4. The van der Waals surface area contributed by atoms with Gasteiger partial charge in [-0.1, -0.05) is 0 Å². The largest absolute Gasteiger partial charge is 0.497 e. The number of carbonyl (C=O) groups excluding carboxylic acids is 1. The Balaban J connectivity index is 2.10. The van der Waals surface area contributed by atoms with E-state index in [2.05, 4.69) is 0 Å². The highest BCUT2D eigenvalue weighted by atomic mass is 16.5. The molecule has 5 nitrogen and oxygen atoms in total. The minimum Gasteiger partial charge on any atom is -0.497 e. The summed E-state index contributed by atoms with van der Waals surface area (Å²) in [6, 6.07) is 5.07. The summed E-state index contributed by atoms with van der Waals surface area (Å²) in [5.41, 5.74) is 6.84. The molecule has 1 aliphatic heterocycles. The van der Waals surface area contributed by atoms with Crippen molar-refractivity contribution >= 4 is 11.6 Å². The molecule has 1 aromatic carbocycles. The van der Waals surface area contributed by atoms with Crippen molar-refractivity contribution in [3.8, 4) is 5.75 Å². The standard InChI is InChI=1S/C14H20N2O3/c1-19-13-7-11(6-12(15)8-13)14(18)16-4-2-10(9-16)3-5-17/h6-8,10,17H,2-5,9,15H2,1H3. The summed E-state index contributed by atoms with van der Waals surface area (Å²) >= 11 is 0. The van der Waals surface area contributed by atoms with Crippen molar-refractivity contribution in [2.75, 3.05) is 32.5 Å². The number of aliphatic hydroxyl groups excluding tert-OH is 1. The van der Waals surface area contributed by atoms with E-state index in [1.54, 1.807) is 25.3 Å². The highest BCUT2D eigenvalue weighted by molar-refractivity contribution is 5.95. The van der Waals surface area contributed by atoms with Crippen LogP contribution in [0.1, 0.15) is 23.2 Å². The van der Waals surface area contributed by atoms with E-state index in [-0.39, 0.29) is 12.5 Å². The number of benzene rings is 1. The van der Waals surface area contributed by atoms with Gasteiger partial charge in [-0.25, -0.2) is 0 Å². The minimum atomic E-state index is -0.0222. The zero-order valence-electron chi connectivity index (χ0n) is 11.1. The highest BCUT2D eigenvalue weighted by Gasteiger charge is 2.26. The van der Waals surface area contributed by atoms with E-state index < -0.39 is 0 Å². The Morgan fingerprint density at radius 3 is 3.00 bits per heavy atom. The van der Waals surface area contributed by atoms with Gasteiger partial charge in [-0.05, 0) is 30.9 Å². The zero-order chi connectivity index (χ0) is 13.8. The number of aliphatic hydroxyl groups is 1. The lowest BCUT2D eigenvalue weighted by molar-refractivity contribution is 0.0784. The van der Waals surface area contributed by atoms with Crippen LogP contribution in [0.3, 0.4) is 0 Å². The van der Waals surface area contributed by atoms with Gasteiger partial charge in [0.25, 0.3) is 5.91 Å². The van der Waals surface area contributed by atoms with Gasteiger partial charge in [0.2, 0.25) is 0 Å². The van der Waals surface area contributed by atoms with Gasteiger partial charge in [0, 0.05) is 37.0 Å². The summed E-state index contributed by atoms with van der Waals surface area (Å²) in [7, 11) is 1.55. The lowest BCUT2D eigenvalue weighted by Gasteiger charge is -2.17. The van der Waals surface area contributed by atoms with Gasteiger partial charge >= 0.3 is 0 Å². The lowest BCUT2D eigenvalue weighted by Crippen LogP contribution is -2.28. The van der Waals surface area contributed by atoms with E-state index in [1.807, 2.05) is 4.90 Å². The molecule has 1 fully saturated rings. The number of carbonyl (C=O) groups is 1. The number of methoxy groups -OCH3 is 1. The number of ether oxygens (including phenoxy) is 1. The maximum atomic E-state index is 12.4. The molecular weight excluding hydrogens is 244 g/mol. The summed E-state index contributed by atoms with van der Waals surface area (Å²) in [6.07, 6.45) is 1.70. The van der Waals surface area contributed by atoms with Crippen LogP contribution < -0.4 is 10.5 Å². The Labute approximate surface area is 113 Å². The molecule has 1 aromatic rings.